The fourth-order valence-corrected chi connectivity index (χ4v) is 1.56. The molecular weight excluding hydrogens is 156 g/mol. The minimum absolute atomic E-state index is 0.666. The van der Waals surface area contributed by atoms with E-state index in [1.54, 1.807) is 11.3 Å². The Hall–Kier alpha value is -0.670. The van der Waals surface area contributed by atoms with Gasteiger partial charge in [0, 0.05) is 11.8 Å². The minimum Gasteiger partial charge on any atom is -0.330 e. The molecule has 0 saturated heterocycles. The largest absolute Gasteiger partial charge is 0.330 e. The molecule has 0 aliphatic carbocycles. The zero-order valence-electron chi connectivity index (χ0n) is 6.63. The lowest BCUT2D eigenvalue weighted by molar-refractivity contribution is 0.933. The minimum atomic E-state index is 0.666. The Bertz CT molecular complexity index is 252. The summed E-state index contributed by atoms with van der Waals surface area (Å²) in [6, 6.07) is 0. The maximum absolute atomic E-state index is 5.39. The van der Waals surface area contributed by atoms with Crippen molar-refractivity contribution in [3.05, 3.63) is 22.7 Å². The monoisotopic (exact) mass is 168 g/mol. The van der Waals surface area contributed by atoms with Crippen molar-refractivity contribution in [2.45, 2.75) is 13.3 Å². The summed E-state index contributed by atoms with van der Waals surface area (Å²) in [5.74, 6) is 0. The molecule has 0 spiro atoms. The van der Waals surface area contributed by atoms with Crippen molar-refractivity contribution in [3.8, 4) is 0 Å². The third-order valence-corrected chi connectivity index (χ3v) is 2.37. The van der Waals surface area contributed by atoms with Crippen molar-refractivity contribution >= 4 is 16.9 Å². The van der Waals surface area contributed by atoms with Crippen LogP contribution < -0.4 is 5.73 Å². The summed E-state index contributed by atoms with van der Waals surface area (Å²) in [7, 11) is 0. The van der Waals surface area contributed by atoms with Crippen LogP contribution >= 0.6 is 11.3 Å². The molecule has 1 rings (SSSR count). The molecule has 11 heavy (non-hydrogen) atoms. The topological polar surface area (TPSA) is 38.9 Å². The number of hydrogen-bond donors (Lipinski definition) is 1. The van der Waals surface area contributed by atoms with Gasteiger partial charge in [0.25, 0.3) is 0 Å². The Morgan fingerprint density at radius 1 is 1.82 bits per heavy atom. The van der Waals surface area contributed by atoms with Gasteiger partial charge in [-0.25, -0.2) is 4.98 Å². The zero-order valence-corrected chi connectivity index (χ0v) is 7.45. The number of thiazole rings is 1. The Morgan fingerprint density at radius 3 is 3.00 bits per heavy atom. The quantitative estimate of drug-likeness (QED) is 0.745. The van der Waals surface area contributed by atoms with Crippen molar-refractivity contribution in [1.82, 2.24) is 4.98 Å². The van der Waals surface area contributed by atoms with Gasteiger partial charge in [0.1, 0.15) is 5.01 Å². The van der Waals surface area contributed by atoms with E-state index in [4.69, 9.17) is 5.73 Å². The average molecular weight is 168 g/mol. The second-order valence-electron chi connectivity index (χ2n) is 2.46. The van der Waals surface area contributed by atoms with Crippen LogP contribution in [0, 0.1) is 0 Å². The van der Waals surface area contributed by atoms with Gasteiger partial charge < -0.3 is 5.73 Å². The van der Waals surface area contributed by atoms with E-state index in [-0.39, 0.29) is 0 Å². The summed E-state index contributed by atoms with van der Waals surface area (Å²) in [5, 5.41) is 3.06. The van der Waals surface area contributed by atoms with E-state index < -0.39 is 0 Å². The Labute approximate surface area is 70.8 Å². The van der Waals surface area contributed by atoms with Crippen LogP contribution in [0.1, 0.15) is 17.6 Å². The molecule has 0 radical (unpaired) electrons. The van der Waals surface area contributed by atoms with Gasteiger partial charge in [0.05, 0.1) is 5.69 Å². The van der Waals surface area contributed by atoms with Crippen LogP contribution in [0.4, 0.5) is 0 Å². The molecule has 0 bridgehead atoms. The molecule has 0 atom stereocenters. The van der Waals surface area contributed by atoms with Gasteiger partial charge in [0.15, 0.2) is 0 Å². The molecule has 0 amide bonds. The van der Waals surface area contributed by atoms with Crippen LogP contribution in [0.2, 0.25) is 0 Å². The van der Waals surface area contributed by atoms with E-state index in [0.717, 1.165) is 22.7 Å². The van der Waals surface area contributed by atoms with Crippen LogP contribution in [0.3, 0.4) is 0 Å². The van der Waals surface area contributed by atoms with Crippen LogP contribution in [0.15, 0.2) is 12.0 Å². The lowest BCUT2D eigenvalue weighted by Crippen LogP contribution is -2.02. The van der Waals surface area contributed by atoms with Crippen LogP contribution in [-0.4, -0.2) is 11.5 Å². The molecule has 0 aliphatic rings. The molecule has 1 aromatic rings. The Balaban J connectivity index is 2.73. The first kappa shape index (κ1) is 8.43. The zero-order chi connectivity index (χ0) is 8.27. The number of nitrogens with two attached hydrogens (primary N) is 1. The van der Waals surface area contributed by atoms with Gasteiger partial charge in [-0.15, -0.1) is 11.3 Å². The van der Waals surface area contributed by atoms with Crippen molar-refractivity contribution in [3.63, 3.8) is 0 Å². The molecule has 0 aliphatic heterocycles. The van der Waals surface area contributed by atoms with Crippen LogP contribution in [-0.2, 0) is 6.42 Å². The van der Waals surface area contributed by atoms with Crippen molar-refractivity contribution in [2.24, 2.45) is 5.73 Å². The first-order chi connectivity index (χ1) is 5.24. The molecule has 1 aromatic heterocycles. The van der Waals surface area contributed by atoms with E-state index in [0.29, 0.717) is 6.54 Å². The summed E-state index contributed by atoms with van der Waals surface area (Å²) < 4.78 is 0. The summed E-state index contributed by atoms with van der Waals surface area (Å²) in [6.45, 7) is 6.44. The van der Waals surface area contributed by atoms with E-state index in [2.05, 4.69) is 11.6 Å². The molecule has 0 unspecified atom stereocenters. The van der Waals surface area contributed by atoms with Crippen LogP contribution in [0.25, 0.3) is 5.57 Å². The molecule has 1 heterocycles. The highest BCUT2D eigenvalue weighted by molar-refractivity contribution is 7.10. The van der Waals surface area contributed by atoms with E-state index in [1.165, 1.54) is 0 Å². The maximum Gasteiger partial charge on any atom is 0.118 e. The van der Waals surface area contributed by atoms with Crippen molar-refractivity contribution in [1.29, 1.82) is 0 Å². The normalized spacial score (nSPS) is 10.0. The molecule has 2 N–H and O–H groups in total. The van der Waals surface area contributed by atoms with Gasteiger partial charge in [0.2, 0.25) is 0 Å². The molecule has 0 saturated carbocycles. The van der Waals surface area contributed by atoms with Crippen LogP contribution in [0.5, 0.6) is 0 Å². The van der Waals surface area contributed by atoms with E-state index in [9.17, 15) is 0 Å². The Morgan fingerprint density at radius 2 is 2.55 bits per heavy atom. The SMILES string of the molecule is C=C(C)c1nc(CCN)cs1. The Kier molecular flexibility index (Phi) is 2.79. The molecule has 3 heteroatoms. The number of rotatable bonds is 3. The summed E-state index contributed by atoms with van der Waals surface area (Å²) in [5.41, 5.74) is 7.49. The number of nitrogens with zero attached hydrogens (tertiary/aromatic N) is 1. The average Bonchev–Trinajstić information content (AvgIpc) is 2.37. The molecule has 60 valence electrons. The third kappa shape index (κ3) is 2.13. The summed E-state index contributed by atoms with van der Waals surface area (Å²) in [4.78, 5) is 4.34. The molecule has 0 fully saturated rings. The first-order valence-corrected chi connectivity index (χ1v) is 4.42. The molecule has 2 nitrogen and oxygen atoms in total. The highest BCUT2D eigenvalue weighted by Gasteiger charge is 2.00. The highest BCUT2D eigenvalue weighted by atomic mass is 32.1. The van der Waals surface area contributed by atoms with Gasteiger partial charge >= 0.3 is 0 Å². The number of hydrogen-bond acceptors (Lipinski definition) is 3. The summed E-state index contributed by atoms with van der Waals surface area (Å²) in [6.07, 6.45) is 0.865. The second-order valence-corrected chi connectivity index (χ2v) is 3.32. The number of aromatic nitrogens is 1. The van der Waals surface area contributed by atoms with Gasteiger partial charge in [-0.3, -0.25) is 0 Å². The van der Waals surface area contributed by atoms with E-state index in [1.807, 2.05) is 12.3 Å². The van der Waals surface area contributed by atoms with Gasteiger partial charge in [-0.2, -0.15) is 0 Å². The molecule has 0 aromatic carbocycles. The summed E-state index contributed by atoms with van der Waals surface area (Å²) >= 11 is 1.63. The fourth-order valence-electron chi connectivity index (χ4n) is 0.766. The van der Waals surface area contributed by atoms with E-state index >= 15 is 0 Å². The predicted octanol–water partition coefficient (Wildman–Crippen LogP) is 1.68. The maximum atomic E-state index is 5.39. The smallest absolute Gasteiger partial charge is 0.118 e. The fraction of sp³-hybridized carbons (Fsp3) is 0.375. The lowest BCUT2D eigenvalue weighted by atomic mass is 10.3. The van der Waals surface area contributed by atoms with Gasteiger partial charge in [-0.05, 0) is 19.0 Å². The third-order valence-electron chi connectivity index (χ3n) is 1.32. The standard InChI is InChI=1S/C8H12N2S/c1-6(2)8-10-7(3-4-9)5-11-8/h5H,1,3-4,9H2,2H3. The number of allylic oxidation sites excluding steroid dienone is 1. The van der Waals surface area contributed by atoms with Gasteiger partial charge in [-0.1, -0.05) is 6.58 Å². The highest BCUT2D eigenvalue weighted by Crippen LogP contribution is 2.16. The predicted molar refractivity (Wildman–Crippen MR) is 49.6 cm³/mol. The van der Waals surface area contributed by atoms with Crippen molar-refractivity contribution in [2.75, 3.05) is 6.54 Å². The van der Waals surface area contributed by atoms with Crippen molar-refractivity contribution < 1.29 is 0 Å². The molecular formula is C8H12N2S. The first-order valence-electron chi connectivity index (χ1n) is 3.54. The lowest BCUT2D eigenvalue weighted by Gasteiger charge is -1.90. The second kappa shape index (κ2) is 3.64.